The molecule has 9 aromatic rings. The van der Waals surface area contributed by atoms with Crippen LogP contribution in [-0.2, 0) is 0 Å². The van der Waals surface area contributed by atoms with Crippen LogP contribution in [0.25, 0.3) is 88.3 Å². The van der Waals surface area contributed by atoms with E-state index in [9.17, 15) is 0 Å². The van der Waals surface area contributed by atoms with E-state index in [0.29, 0.717) is 0 Å². The predicted molar refractivity (Wildman–Crippen MR) is 214 cm³/mol. The van der Waals surface area contributed by atoms with Gasteiger partial charge in [0.05, 0.1) is 0 Å². The van der Waals surface area contributed by atoms with Crippen LogP contribution in [0.5, 0.6) is 0 Å². The molecule has 50 heavy (non-hydrogen) atoms. The van der Waals surface area contributed by atoms with Crippen molar-refractivity contribution in [1.82, 2.24) is 0 Å². The summed E-state index contributed by atoms with van der Waals surface area (Å²) in [7, 11) is 0. The first-order chi connectivity index (χ1) is 24.8. The fourth-order valence-corrected chi connectivity index (χ4v) is 7.47. The van der Waals surface area contributed by atoms with Crippen molar-refractivity contribution in [3.05, 3.63) is 206 Å². The van der Waals surface area contributed by atoms with Crippen molar-refractivity contribution in [3.8, 4) is 66.8 Å². The minimum absolute atomic E-state index is 1.21. The molecule has 0 aliphatic carbocycles. The average Bonchev–Trinajstić information content (AvgIpc) is 3.21. The van der Waals surface area contributed by atoms with Crippen molar-refractivity contribution in [1.29, 1.82) is 0 Å². The van der Waals surface area contributed by atoms with Gasteiger partial charge in [-0.05, 0) is 88.3 Å². The van der Waals surface area contributed by atoms with Crippen LogP contribution in [0, 0.1) is 0 Å². The molecule has 0 nitrogen and oxygen atoms in total. The molecule has 0 saturated carbocycles. The van der Waals surface area contributed by atoms with Crippen molar-refractivity contribution in [2.45, 2.75) is 0 Å². The van der Waals surface area contributed by atoms with Gasteiger partial charge in [0.1, 0.15) is 0 Å². The van der Waals surface area contributed by atoms with Gasteiger partial charge in [-0.3, -0.25) is 0 Å². The van der Waals surface area contributed by atoms with Gasteiger partial charge in [0.15, 0.2) is 0 Å². The van der Waals surface area contributed by atoms with E-state index in [4.69, 9.17) is 0 Å². The molecule has 0 saturated heterocycles. The third kappa shape index (κ3) is 5.38. The van der Waals surface area contributed by atoms with Crippen molar-refractivity contribution >= 4 is 21.5 Å². The van der Waals surface area contributed by atoms with Crippen molar-refractivity contribution in [3.63, 3.8) is 0 Å². The molecule has 0 heterocycles. The zero-order chi connectivity index (χ0) is 33.3. The molecule has 0 amide bonds. The quantitative estimate of drug-likeness (QED) is 0.160. The minimum atomic E-state index is 1.21. The smallest absolute Gasteiger partial charge is 0.00201 e. The Labute approximate surface area is 293 Å². The van der Waals surface area contributed by atoms with Crippen LogP contribution in [0.3, 0.4) is 0 Å². The molecule has 0 radical (unpaired) electrons. The van der Waals surface area contributed by atoms with E-state index in [1.54, 1.807) is 0 Å². The maximum Gasteiger partial charge on any atom is -0.00201 e. The first kappa shape index (κ1) is 29.6. The maximum atomic E-state index is 2.29. The highest BCUT2D eigenvalue weighted by Crippen LogP contribution is 2.46. The van der Waals surface area contributed by atoms with Gasteiger partial charge in [0.2, 0.25) is 0 Å². The fraction of sp³-hybridized carbons (Fsp3) is 0. The molecule has 234 valence electrons. The monoisotopic (exact) mass is 634 g/mol. The molecule has 9 rings (SSSR count). The summed E-state index contributed by atoms with van der Waals surface area (Å²) in [6.45, 7) is 0. The second kappa shape index (κ2) is 12.8. The highest BCUT2D eigenvalue weighted by Gasteiger charge is 2.19. The predicted octanol–water partition coefficient (Wildman–Crippen LogP) is 14.0. The van der Waals surface area contributed by atoms with Crippen LogP contribution in [-0.4, -0.2) is 0 Å². The molecule has 0 unspecified atom stereocenters. The summed E-state index contributed by atoms with van der Waals surface area (Å²) in [6, 6.07) is 74.8. The second-order valence-electron chi connectivity index (χ2n) is 12.9. The minimum Gasteiger partial charge on any atom is -0.0622 e. The Balaban J connectivity index is 1.15. The molecule has 0 fully saturated rings. The SMILES string of the molecule is c1ccc(-c2ccc(-c3ccc(-c4c5ccccc5c(-c5ccccc5-c5ccc(-c6ccccc6)cc5)c5ccccc45)cc3)cc2)cc1. The van der Waals surface area contributed by atoms with E-state index in [1.165, 1.54) is 88.3 Å². The Morgan fingerprint density at radius 2 is 0.440 bits per heavy atom. The van der Waals surface area contributed by atoms with Crippen molar-refractivity contribution in [2.75, 3.05) is 0 Å². The molecule has 0 spiro atoms. The van der Waals surface area contributed by atoms with E-state index in [0.717, 1.165) is 0 Å². The van der Waals surface area contributed by atoms with Crippen LogP contribution in [0.4, 0.5) is 0 Å². The van der Waals surface area contributed by atoms with Gasteiger partial charge in [-0.15, -0.1) is 0 Å². The van der Waals surface area contributed by atoms with Gasteiger partial charge in [-0.2, -0.15) is 0 Å². The van der Waals surface area contributed by atoms with E-state index in [2.05, 4.69) is 206 Å². The number of rotatable bonds is 6. The van der Waals surface area contributed by atoms with Crippen LogP contribution >= 0.6 is 0 Å². The standard InChI is InChI=1S/C50H34/c1-3-13-35(14-4-1)37-23-25-39(26-24-37)40-29-33-42(34-30-40)49-45-19-9-11-21-47(45)50(48-22-12-10-20-46(48)49)44-18-8-7-17-43(44)41-31-27-38(28-32-41)36-15-5-2-6-16-36/h1-34H. The van der Waals surface area contributed by atoms with Gasteiger partial charge in [-0.1, -0.05) is 206 Å². The summed E-state index contributed by atoms with van der Waals surface area (Å²) in [5.41, 5.74) is 14.8. The normalized spacial score (nSPS) is 11.2. The lowest BCUT2D eigenvalue weighted by molar-refractivity contribution is 1.58. The third-order valence-electron chi connectivity index (χ3n) is 9.93. The Morgan fingerprint density at radius 1 is 0.160 bits per heavy atom. The number of hydrogen-bond acceptors (Lipinski definition) is 0. The van der Waals surface area contributed by atoms with Gasteiger partial charge >= 0.3 is 0 Å². The van der Waals surface area contributed by atoms with Crippen molar-refractivity contribution in [2.24, 2.45) is 0 Å². The summed E-state index contributed by atoms with van der Waals surface area (Å²) in [6.07, 6.45) is 0. The average molecular weight is 635 g/mol. The molecule has 0 aliphatic rings. The molecule has 0 aromatic heterocycles. The summed E-state index contributed by atoms with van der Waals surface area (Å²) in [4.78, 5) is 0. The lowest BCUT2D eigenvalue weighted by Crippen LogP contribution is -1.93. The van der Waals surface area contributed by atoms with Crippen LogP contribution in [0.2, 0.25) is 0 Å². The number of benzene rings is 9. The van der Waals surface area contributed by atoms with Gasteiger partial charge in [0, 0.05) is 0 Å². The summed E-state index contributed by atoms with van der Waals surface area (Å²) in [5.74, 6) is 0. The Hall–Kier alpha value is -6.50. The first-order valence-electron chi connectivity index (χ1n) is 17.3. The fourth-order valence-electron chi connectivity index (χ4n) is 7.47. The largest absolute Gasteiger partial charge is 0.0622 e. The zero-order valence-corrected chi connectivity index (χ0v) is 27.6. The summed E-state index contributed by atoms with van der Waals surface area (Å²) >= 11 is 0. The second-order valence-corrected chi connectivity index (χ2v) is 12.9. The van der Waals surface area contributed by atoms with Crippen LogP contribution in [0.15, 0.2) is 206 Å². The van der Waals surface area contributed by atoms with Gasteiger partial charge in [-0.25, -0.2) is 0 Å². The lowest BCUT2D eigenvalue weighted by atomic mass is 9.83. The molecule has 0 aliphatic heterocycles. The topological polar surface area (TPSA) is 0 Å². The number of fused-ring (bicyclic) bond motifs is 2. The number of hydrogen-bond donors (Lipinski definition) is 0. The molecular formula is C50H34. The third-order valence-corrected chi connectivity index (χ3v) is 9.93. The summed E-state index contributed by atoms with van der Waals surface area (Å²) < 4.78 is 0. The molecule has 0 heteroatoms. The molecule has 0 N–H and O–H groups in total. The Morgan fingerprint density at radius 3 is 0.860 bits per heavy atom. The van der Waals surface area contributed by atoms with E-state index >= 15 is 0 Å². The van der Waals surface area contributed by atoms with Crippen molar-refractivity contribution < 1.29 is 0 Å². The Kier molecular flexibility index (Phi) is 7.61. The molecule has 0 bridgehead atoms. The maximum absolute atomic E-state index is 2.29. The van der Waals surface area contributed by atoms with Crippen LogP contribution in [0.1, 0.15) is 0 Å². The van der Waals surface area contributed by atoms with Gasteiger partial charge in [0.25, 0.3) is 0 Å². The Bertz CT molecular complexity index is 2520. The lowest BCUT2D eigenvalue weighted by Gasteiger charge is -2.20. The molecule has 0 atom stereocenters. The zero-order valence-electron chi connectivity index (χ0n) is 27.6. The summed E-state index contributed by atoms with van der Waals surface area (Å²) in [5, 5.41) is 5.04. The molecular weight excluding hydrogens is 601 g/mol. The van der Waals surface area contributed by atoms with E-state index in [-0.39, 0.29) is 0 Å². The highest BCUT2D eigenvalue weighted by atomic mass is 14.2. The first-order valence-corrected chi connectivity index (χ1v) is 17.3. The van der Waals surface area contributed by atoms with E-state index < -0.39 is 0 Å². The van der Waals surface area contributed by atoms with Gasteiger partial charge < -0.3 is 0 Å². The van der Waals surface area contributed by atoms with E-state index in [1.807, 2.05) is 0 Å². The highest BCUT2D eigenvalue weighted by molar-refractivity contribution is 6.22. The molecule has 9 aromatic carbocycles. The van der Waals surface area contributed by atoms with Crippen LogP contribution < -0.4 is 0 Å².